The number of amides is 3. The van der Waals surface area contributed by atoms with Crippen LogP contribution in [0.2, 0.25) is 5.02 Å². The fourth-order valence-electron chi connectivity index (χ4n) is 4.10. The molecule has 0 spiro atoms. The first-order chi connectivity index (χ1) is 16.0. The Balaban J connectivity index is 1.24. The average molecular weight is 471 g/mol. The standard InChI is InChI=1S/C24H27ClN4O4/c1-32-21-6-3-15(11-22(21)33-2)7-9-26-23(30)13-27-24(31)29-10-8-17-18-12-16(25)4-5-19(18)28-20(17)14-29/h3-6,11-12,28H,7-10,13-14H2,1-2H3,(H,26,30)(H,27,31). The van der Waals surface area contributed by atoms with Crippen LogP contribution in [-0.2, 0) is 24.2 Å². The van der Waals surface area contributed by atoms with Crippen molar-refractivity contribution in [1.29, 1.82) is 0 Å². The number of halogens is 1. The van der Waals surface area contributed by atoms with E-state index in [0.29, 0.717) is 42.6 Å². The Labute approximate surface area is 197 Å². The number of benzene rings is 2. The number of aromatic amines is 1. The van der Waals surface area contributed by atoms with E-state index in [4.69, 9.17) is 21.1 Å². The van der Waals surface area contributed by atoms with Crippen molar-refractivity contribution < 1.29 is 19.1 Å². The summed E-state index contributed by atoms with van der Waals surface area (Å²) >= 11 is 6.13. The first-order valence-corrected chi connectivity index (χ1v) is 11.2. The number of urea groups is 1. The lowest BCUT2D eigenvalue weighted by atomic mass is 10.0. The highest BCUT2D eigenvalue weighted by atomic mass is 35.5. The van der Waals surface area contributed by atoms with Crippen LogP contribution in [0.25, 0.3) is 10.9 Å². The van der Waals surface area contributed by atoms with Crippen molar-refractivity contribution in [2.45, 2.75) is 19.4 Å². The predicted octanol–water partition coefficient (Wildman–Crippen LogP) is 3.27. The Morgan fingerprint density at radius 1 is 1.09 bits per heavy atom. The molecule has 0 aliphatic carbocycles. The van der Waals surface area contributed by atoms with Gasteiger partial charge in [0.1, 0.15) is 0 Å². The number of aromatic nitrogens is 1. The fraction of sp³-hybridized carbons (Fsp3) is 0.333. The fourth-order valence-corrected chi connectivity index (χ4v) is 4.27. The molecule has 0 fully saturated rings. The monoisotopic (exact) mass is 470 g/mol. The van der Waals surface area contributed by atoms with Crippen LogP contribution in [0.1, 0.15) is 16.8 Å². The van der Waals surface area contributed by atoms with Gasteiger partial charge in [-0.2, -0.15) is 0 Å². The maximum atomic E-state index is 12.6. The zero-order valence-electron chi connectivity index (χ0n) is 18.7. The maximum absolute atomic E-state index is 12.6. The van der Waals surface area contributed by atoms with Crippen molar-refractivity contribution in [2.75, 3.05) is 33.9 Å². The molecule has 33 heavy (non-hydrogen) atoms. The summed E-state index contributed by atoms with van der Waals surface area (Å²) in [4.78, 5) is 29.8. The van der Waals surface area contributed by atoms with E-state index in [1.807, 2.05) is 36.4 Å². The minimum absolute atomic E-state index is 0.0730. The van der Waals surface area contributed by atoms with Crippen LogP contribution in [0, 0.1) is 0 Å². The topological polar surface area (TPSA) is 95.7 Å². The van der Waals surface area contributed by atoms with Gasteiger partial charge in [0.05, 0.1) is 27.3 Å². The van der Waals surface area contributed by atoms with Crippen LogP contribution in [0.3, 0.4) is 0 Å². The van der Waals surface area contributed by atoms with E-state index in [0.717, 1.165) is 28.6 Å². The Morgan fingerprint density at radius 2 is 1.91 bits per heavy atom. The van der Waals surface area contributed by atoms with Crippen molar-refractivity contribution in [3.63, 3.8) is 0 Å². The average Bonchev–Trinajstić information content (AvgIpc) is 3.19. The molecule has 4 rings (SSSR count). The predicted molar refractivity (Wildman–Crippen MR) is 127 cm³/mol. The molecule has 0 saturated heterocycles. The number of rotatable bonds is 7. The minimum atomic E-state index is -0.257. The molecule has 3 aromatic rings. The molecule has 8 nitrogen and oxygen atoms in total. The molecule has 0 radical (unpaired) electrons. The molecule has 0 bridgehead atoms. The second kappa shape index (κ2) is 10.0. The molecule has 0 saturated carbocycles. The van der Waals surface area contributed by atoms with E-state index in [1.54, 1.807) is 19.1 Å². The van der Waals surface area contributed by atoms with Gasteiger partial charge < -0.3 is 30.0 Å². The summed E-state index contributed by atoms with van der Waals surface area (Å²) in [5.74, 6) is 1.08. The molecule has 174 valence electrons. The van der Waals surface area contributed by atoms with Crippen molar-refractivity contribution in [1.82, 2.24) is 20.5 Å². The van der Waals surface area contributed by atoms with Crippen LogP contribution in [0.5, 0.6) is 11.5 Å². The Bertz CT molecular complexity index is 1180. The molecule has 3 N–H and O–H groups in total. The van der Waals surface area contributed by atoms with E-state index >= 15 is 0 Å². The van der Waals surface area contributed by atoms with Gasteiger partial charge in [-0.15, -0.1) is 0 Å². The zero-order chi connectivity index (χ0) is 23.4. The van der Waals surface area contributed by atoms with Gasteiger partial charge in [-0.1, -0.05) is 17.7 Å². The molecule has 2 heterocycles. The van der Waals surface area contributed by atoms with Crippen LogP contribution < -0.4 is 20.1 Å². The van der Waals surface area contributed by atoms with Crippen LogP contribution in [0.15, 0.2) is 36.4 Å². The number of methoxy groups -OCH3 is 2. The highest BCUT2D eigenvalue weighted by Crippen LogP contribution is 2.30. The Hall–Kier alpha value is -3.39. The van der Waals surface area contributed by atoms with Crippen molar-refractivity contribution >= 4 is 34.4 Å². The van der Waals surface area contributed by atoms with Crippen LogP contribution >= 0.6 is 11.6 Å². The van der Waals surface area contributed by atoms with E-state index in [9.17, 15) is 9.59 Å². The van der Waals surface area contributed by atoms with Gasteiger partial charge in [0.15, 0.2) is 11.5 Å². The number of hydrogen-bond donors (Lipinski definition) is 3. The first kappa shape index (κ1) is 22.8. The van der Waals surface area contributed by atoms with Crippen molar-refractivity contribution in [3.8, 4) is 11.5 Å². The van der Waals surface area contributed by atoms with Crippen LogP contribution in [0.4, 0.5) is 4.79 Å². The van der Waals surface area contributed by atoms with E-state index in [2.05, 4.69) is 15.6 Å². The summed E-state index contributed by atoms with van der Waals surface area (Å²) < 4.78 is 10.5. The molecule has 1 aliphatic rings. The molecular formula is C24H27ClN4O4. The highest BCUT2D eigenvalue weighted by molar-refractivity contribution is 6.31. The molecule has 1 aliphatic heterocycles. The molecular weight excluding hydrogens is 444 g/mol. The van der Waals surface area contributed by atoms with E-state index in [1.165, 1.54) is 5.56 Å². The SMILES string of the molecule is COc1ccc(CCNC(=O)CNC(=O)N2CCc3c([nH]c4ccc(Cl)cc34)C2)cc1OC. The molecule has 9 heteroatoms. The number of carbonyl (C=O) groups is 2. The smallest absolute Gasteiger partial charge is 0.318 e. The van der Waals surface area contributed by atoms with Gasteiger partial charge in [-0.05, 0) is 54.3 Å². The number of fused-ring (bicyclic) bond motifs is 3. The summed E-state index contributed by atoms with van der Waals surface area (Å²) in [6.45, 7) is 1.43. The van der Waals surface area contributed by atoms with E-state index < -0.39 is 0 Å². The third-order valence-corrected chi connectivity index (χ3v) is 6.04. The van der Waals surface area contributed by atoms with Gasteiger partial charge in [0.2, 0.25) is 5.91 Å². The first-order valence-electron chi connectivity index (χ1n) is 10.8. The quantitative estimate of drug-likeness (QED) is 0.494. The van der Waals surface area contributed by atoms with Crippen molar-refractivity contribution in [3.05, 3.63) is 58.2 Å². The maximum Gasteiger partial charge on any atom is 0.318 e. The normalized spacial score (nSPS) is 12.9. The number of H-pyrrole nitrogens is 1. The van der Waals surface area contributed by atoms with Gasteiger partial charge >= 0.3 is 6.03 Å². The second-order valence-electron chi connectivity index (χ2n) is 7.89. The summed E-state index contributed by atoms with van der Waals surface area (Å²) in [5.41, 5.74) is 4.23. The van der Waals surface area contributed by atoms with Crippen molar-refractivity contribution in [2.24, 2.45) is 0 Å². The third kappa shape index (κ3) is 5.17. The lowest BCUT2D eigenvalue weighted by Crippen LogP contribution is -2.46. The highest BCUT2D eigenvalue weighted by Gasteiger charge is 2.24. The second-order valence-corrected chi connectivity index (χ2v) is 8.33. The Kier molecular flexibility index (Phi) is 6.93. The number of carbonyl (C=O) groups excluding carboxylic acids is 2. The number of nitrogens with one attached hydrogen (secondary N) is 3. The molecule has 0 unspecified atom stereocenters. The molecule has 2 aromatic carbocycles. The van der Waals surface area contributed by atoms with Gasteiger partial charge in [0, 0.05) is 34.7 Å². The molecule has 3 amide bonds. The summed E-state index contributed by atoms with van der Waals surface area (Å²) in [7, 11) is 3.17. The third-order valence-electron chi connectivity index (χ3n) is 5.81. The molecule has 0 atom stereocenters. The summed E-state index contributed by atoms with van der Waals surface area (Å²) in [6, 6.07) is 11.1. The lowest BCUT2D eigenvalue weighted by molar-refractivity contribution is -0.120. The number of hydrogen-bond acceptors (Lipinski definition) is 4. The Morgan fingerprint density at radius 3 is 2.70 bits per heavy atom. The van der Waals surface area contributed by atoms with Crippen LogP contribution in [-0.4, -0.2) is 55.7 Å². The number of nitrogens with zero attached hydrogens (tertiary/aromatic N) is 1. The largest absolute Gasteiger partial charge is 0.493 e. The summed E-state index contributed by atoms with van der Waals surface area (Å²) in [6.07, 6.45) is 1.37. The number of ether oxygens (including phenoxy) is 2. The molecule has 1 aromatic heterocycles. The van der Waals surface area contributed by atoms with Gasteiger partial charge in [-0.25, -0.2) is 4.79 Å². The summed E-state index contributed by atoms with van der Waals surface area (Å²) in [5, 5.41) is 7.34. The van der Waals surface area contributed by atoms with Gasteiger partial charge in [-0.3, -0.25) is 4.79 Å². The lowest BCUT2D eigenvalue weighted by Gasteiger charge is -2.27. The van der Waals surface area contributed by atoms with Gasteiger partial charge in [0.25, 0.3) is 0 Å². The zero-order valence-corrected chi connectivity index (χ0v) is 19.4. The minimum Gasteiger partial charge on any atom is -0.493 e. The van der Waals surface area contributed by atoms with E-state index in [-0.39, 0.29) is 18.5 Å².